The van der Waals surface area contributed by atoms with Crippen LogP contribution in [0.25, 0.3) is 10.2 Å². The summed E-state index contributed by atoms with van der Waals surface area (Å²) in [5, 5.41) is 2.30. The van der Waals surface area contributed by atoms with Crippen LogP contribution in [0.2, 0.25) is 0 Å². The average Bonchev–Trinajstić information content (AvgIpc) is 3.13. The smallest absolute Gasteiger partial charge is 0.272 e. The van der Waals surface area contributed by atoms with Crippen LogP contribution in [-0.4, -0.2) is 27.3 Å². The van der Waals surface area contributed by atoms with E-state index in [1.807, 2.05) is 53.6 Å². The lowest BCUT2D eigenvalue weighted by atomic mass is 10.1. The molecule has 1 amide bonds. The van der Waals surface area contributed by atoms with E-state index in [4.69, 9.17) is 0 Å². The first-order valence-electron chi connectivity index (χ1n) is 8.70. The fourth-order valence-electron chi connectivity index (χ4n) is 3.24. The zero-order chi connectivity index (χ0) is 18.1. The Hall–Kier alpha value is -2.12. The number of nitrogens with zero attached hydrogens (tertiary/aromatic N) is 3. The molecule has 1 aromatic carbocycles. The first-order chi connectivity index (χ1) is 12.7. The molecule has 0 spiro atoms. The highest BCUT2D eigenvalue weighted by molar-refractivity contribution is 8.00. The zero-order valence-electron chi connectivity index (χ0n) is 14.4. The Balaban J connectivity index is 1.65. The van der Waals surface area contributed by atoms with Crippen molar-refractivity contribution in [2.75, 3.05) is 11.4 Å². The van der Waals surface area contributed by atoms with E-state index in [1.165, 1.54) is 23.1 Å². The maximum Gasteiger partial charge on any atom is 0.272 e. The molecule has 5 nitrogen and oxygen atoms in total. The lowest BCUT2D eigenvalue weighted by Crippen LogP contribution is -2.43. The third-order valence-corrected chi connectivity index (χ3v) is 6.69. The van der Waals surface area contributed by atoms with Crippen LogP contribution in [0.3, 0.4) is 0 Å². The molecule has 3 heterocycles. The maximum absolute atomic E-state index is 13.0. The minimum atomic E-state index is -0.218. The first-order valence-corrected chi connectivity index (χ1v) is 10.5. The van der Waals surface area contributed by atoms with E-state index < -0.39 is 0 Å². The highest BCUT2D eigenvalue weighted by Gasteiger charge is 2.31. The van der Waals surface area contributed by atoms with Crippen molar-refractivity contribution in [3.05, 3.63) is 52.1 Å². The molecule has 1 saturated heterocycles. The van der Waals surface area contributed by atoms with Crippen molar-refractivity contribution >= 4 is 44.9 Å². The number of carbonyl (C=O) groups is 1. The lowest BCUT2D eigenvalue weighted by molar-refractivity contribution is -0.119. The fourth-order valence-corrected chi connectivity index (χ4v) is 5.27. The molecule has 0 bridgehead atoms. The Labute approximate surface area is 159 Å². The van der Waals surface area contributed by atoms with Gasteiger partial charge in [-0.1, -0.05) is 30.0 Å². The Morgan fingerprint density at radius 1 is 1.23 bits per heavy atom. The Kier molecular flexibility index (Phi) is 4.82. The second-order valence-electron chi connectivity index (χ2n) is 6.15. The summed E-state index contributed by atoms with van der Waals surface area (Å²) >= 11 is 2.84. The van der Waals surface area contributed by atoms with Crippen molar-refractivity contribution < 1.29 is 4.79 Å². The second-order valence-corrected chi connectivity index (χ2v) is 8.24. The number of aromatic nitrogens is 2. The number of hydrogen-bond donors (Lipinski definition) is 0. The molecular weight excluding hydrogens is 366 g/mol. The number of rotatable bonds is 4. The van der Waals surface area contributed by atoms with Crippen LogP contribution < -0.4 is 10.5 Å². The van der Waals surface area contributed by atoms with Crippen molar-refractivity contribution in [3.8, 4) is 0 Å². The first kappa shape index (κ1) is 17.3. The number of carbonyl (C=O) groups excluding carboxylic acids is 1. The summed E-state index contributed by atoms with van der Waals surface area (Å²) in [5.74, 6) is 0.0924. The highest BCUT2D eigenvalue weighted by atomic mass is 32.2. The Morgan fingerprint density at radius 2 is 2.04 bits per heavy atom. The third-order valence-electron chi connectivity index (χ3n) is 4.55. The van der Waals surface area contributed by atoms with E-state index >= 15 is 0 Å². The third kappa shape index (κ3) is 3.05. The fraction of sp³-hybridized carbons (Fsp3) is 0.316. The summed E-state index contributed by atoms with van der Waals surface area (Å²) in [5.41, 5.74) is 1.63. The number of anilines is 1. The molecule has 26 heavy (non-hydrogen) atoms. The minimum absolute atomic E-state index is 0.0156. The molecule has 3 aromatic rings. The van der Waals surface area contributed by atoms with Gasteiger partial charge in [0.2, 0.25) is 5.91 Å². The summed E-state index contributed by atoms with van der Waals surface area (Å²) in [6, 6.07) is 11.6. The van der Waals surface area contributed by atoms with Gasteiger partial charge in [0.1, 0.15) is 4.70 Å². The van der Waals surface area contributed by atoms with Gasteiger partial charge in [-0.3, -0.25) is 14.2 Å². The van der Waals surface area contributed by atoms with E-state index in [9.17, 15) is 9.59 Å². The van der Waals surface area contributed by atoms with Crippen LogP contribution >= 0.6 is 23.1 Å². The van der Waals surface area contributed by atoms with Crippen LogP contribution in [0.1, 0.15) is 19.8 Å². The molecule has 7 heteroatoms. The Morgan fingerprint density at radius 3 is 2.81 bits per heavy atom. The summed E-state index contributed by atoms with van der Waals surface area (Å²) < 4.78 is 2.36. The SMILES string of the molecule is CCn1c(SC2CCCN(c3ccccc3)C2=O)nc2ccsc2c1=O. The molecule has 0 aliphatic carbocycles. The van der Waals surface area contributed by atoms with Crippen LogP contribution in [0.4, 0.5) is 5.69 Å². The van der Waals surface area contributed by atoms with Gasteiger partial charge in [-0.2, -0.15) is 0 Å². The maximum atomic E-state index is 13.0. The molecule has 1 fully saturated rings. The number of fused-ring (bicyclic) bond motifs is 1. The highest BCUT2D eigenvalue weighted by Crippen LogP contribution is 2.32. The number of thiophene rings is 1. The molecular formula is C19H19N3O2S2. The van der Waals surface area contributed by atoms with Gasteiger partial charge < -0.3 is 4.90 Å². The minimum Gasteiger partial charge on any atom is -0.311 e. The van der Waals surface area contributed by atoms with Gasteiger partial charge in [-0.05, 0) is 43.3 Å². The van der Waals surface area contributed by atoms with Crippen molar-refractivity contribution in [1.82, 2.24) is 9.55 Å². The van der Waals surface area contributed by atoms with Crippen LogP contribution in [0, 0.1) is 0 Å². The molecule has 134 valence electrons. The molecule has 1 aliphatic rings. The standard InChI is InChI=1S/C19H19N3O2S2/c1-2-21-18(24)16-14(10-12-25-16)20-19(21)26-15-9-6-11-22(17(15)23)13-7-4-3-5-8-13/h3-5,7-8,10,12,15H,2,6,9,11H2,1H3. The van der Waals surface area contributed by atoms with Gasteiger partial charge in [-0.15, -0.1) is 11.3 Å². The number of para-hydroxylation sites is 1. The number of piperidine rings is 1. The zero-order valence-corrected chi connectivity index (χ0v) is 16.1. The van der Waals surface area contributed by atoms with Gasteiger partial charge in [-0.25, -0.2) is 4.98 Å². The molecule has 0 radical (unpaired) electrons. The topological polar surface area (TPSA) is 55.2 Å². The Bertz CT molecular complexity index is 997. The van der Waals surface area contributed by atoms with Crippen LogP contribution in [0.15, 0.2) is 51.7 Å². The van der Waals surface area contributed by atoms with Crippen molar-refractivity contribution in [2.24, 2.45) is 0 Å². The summed E-state index contributed by atoms with van der Waals surface area (Å²) in [6.45, 7) is 3.22. The van der Waals surface area contributed by atoms with E-state index in [0.717, 1.165) is 30.6 Å². The lowest BCUT2D eigenvalue weighted by Gasteiger charge is -2.32. The monoisotopic (exact) mass is 385 g/mol. The molecule has 1 atom stereocenters. The largest absolute Gasteiger partial charge is 0.311 e. The normalized spacial score (nSPS) is 17.8. The quantitative estimate of drug-likeness (QED) is 0.642. The van der Waals surface area contributed by atoms with E-state index in [1.54, 1.807) is 4.57 Å². The second kappa shape index (κ2) is 7.25. The molecule has 0 N–H and O–H groups in total. The van der Waals surface area contributed by atoms with Crippen LogP contribution in [-0.2, 0) is 11.3 Å². The van der Waals surface area contributed by atoms with Gasteiger partial charge in [0.15, 0.2) is 5.16 Å². The number of hydrogen-bond acceptors (Lipinski definition) is 5. The van der Waals surface area contributed by atoms with Gasteiger partial charge in [0.25, 0.3) is 5.56 Å². The molecule has 2 aromatic heterocycles. The van der Waals surface area contributed by atoms with Gasteiger partial charge >= 0.3 is 0 Å². The molecule has 0 saturated carbocycles. The summed E-state index contributed by atoms with van der Waals surface area (Å²) in [7, 11) is 0. The predicted octanol–water partition coefficient (Wildman–Crippen LogP) is 3.77. The summed E-state index contributed by atoms with van der Waals surface area (Å²) in [4.78, 5) is 32.2. The molecule has 1 unspecified atom stereocenters. The number of benzene rings is 1. The molecule has 4 rings (SSSR count). The van der Waals surface area contributed by atoms with Gasteiger partial charge in [0.05, 0.1) is 10.8 Å². The van der Waals surface area contributed by atoms with Crippen molar-refractivity contribution in [1.29, 1.82) is 0 Å². The number of thioether (sulfide) groups is 1. The van der Waals surface area contributed by atoms with E-state index in [0.29, 0.717) is 16.4 Å². The van der Waals surface area contributed by atoms with Crippen molar-refractivity contribution in [3.63, 3.8) is 0 Å². The molecule has 1 aliphatic heterocycles. The number of amides is 1. The summed E-state index contributed by atoms with van der Waals surface area (Å²) in [6.07, 6.45) is 1.74. The predicted molar refractivity (Wildman–Crippen MR) is 107 cm³/mol. The van der Waals surface area contributed by atoms with E-state index in [2.05, 4.69) is 4.98 Å². The van der Waals surface area contributed by atoms with Crippen molar-refractivity contribution in [2.45, 2.75) is 36.7 Å². The van der Waals surface area contributed by atoms with Gasteiger partial charge in [0, 0.05) is 18.8 Å². The van der Waals surface area contributed by atoms with Crippen LogP contribution in [0.5, 0.6) is 0 Å². The average molecular weight is 386 g/mol. The van der Waals surface area contributed by atoms with E-state index in [-0.39, 0.29) is 16.7 Å².